The van der Waals surface area contributed by atoms with Crippen LogP contribution in [-0.2, 0) is 0 Å². The van der Waals surface area contributed by atoms with Crippen molar-refractivity contribution in [1.82, 2.24) is 4.98 Å². The van der Waals surface area contributed by atoms with Crippen LogP contribution in [0.3, 0.4) is 0 Å². The maximum Gasteiger partial charge on any atom is 0.267 e. The fourth-order valence-corrected chi connectivity index (χ4v) is 3.59. The van der Waals surface area contributed by atoms with Gasteiger partial charge in [-0.05, 0) is 43.3 Å². The molecule has 7 heteroatoms. The highest BCUT2D eigenvalue weighted by atomic mass is 32.1. The average Bonchev–Trinajstić information content (AvgIpc) is 3.27. The summed E-state index contributed by atoms with van der Waals surface area (Å²) in [6.45, 7) is 2.03. The van der Waals surface area contributed by atoms with E-state index in [0.717, 1.165) is 16.3 Å². The fourth-order valence-electron chi connectivity index (χ4n) is 2.63. The van der Waals surface area contributed by atoms with Crippen molar-refractivity contribution < 1.29 is 19.0 Å². The molecule has 0 atom stereocenters. The topological polar surface area (TPSA) is 69.7 Å². The Morgan fingerprint density at radius 1 is 1.15 bits per heavy atom. The summed E-state index contributed by atoms with van der Waals surface area (Å²) in [6.07, 6.45) is 0. The zero-order valence-corrected chi connectivity index (χ0v) is 15.1. The Kier molecular flexibility index (Phi) is 4.22. The average molecular weight is 368 g/mol. The van der Waals surface area contributed by atoms with Gasteiger partial charge in [-0.2, -0.15) is 0 Å². The molecule has 4 rings (SSSR count). The largest absolute Gasteiger partial charge is 0.497 e. The summed E-state index contributed by atoms with van der Waals surface area (Å²) in [5, 5.41) is 3.68. The number of benzene rings is 2. The highest BCUT2D eigenvalue weighted by molar-refractivity contribution is 7.17. The third kappa shape index (κ3) is 3.09. The van der Waals surface area contributed by atoms with E-state index in [-0.39, 0.29) is 12.7 Å². The van der Waals surface area contributed by atoms with Crippen molar-refractivity contribution >= 4 is 22.9 Å². The van der Waals surface area contributed by atoms with Gasteiger partial charge in [-0.3, -0.25) is 4.79 Å². The number of nitrogens with one attached hydrogen (secondary N) is 1. The number of thiazole rings is 1. The van der Waals surface area contributed by atoms with Crippen LogP contribution in [0.1, 0.15) is 15.4 Å². The van der Waals surface area contributed by atoms with Gasteiger partial charge in [-0.15, -0.1) is 11.3 Å². The lowest BCUT2D eigenvalue weighted by Gasteiger charge is -2.05. The van der Waals surface area contributed by atoms with Crippen LogP contribution in [0.4, 0.5) is 5.69 Å². The van der Waals surface area contributed by atoms with Crippen LogP contribution in [0.25, 0.3) is 10.6 Å². The number of ether oxygens (including phenoxy) is 3. The number of carbonyl (C=O) groups excluding carboxylic acids is 1. The van der Waals surface area contributed by atoms with Crippen LogP contribution >= 0.6 is 11.3 Å². The Bertz CT molecular complexity index is 966. The number of nitrogens with zero attached hydrogens (tertiary/aromatic N) is 1. The Balaban J connectivity index is 1.55. The number of hydrogen-bond donors (Lipinski definition) is 1. The van der Waals surface area contributed by atoms with Crippen molar-refractivity contribution in [3.63, 3.8) is 0 Å². The van der Waals surface area contributed by atoms with E-state index in [4.69, 9.17) is 14.2 Å². The molecule has 0 saturated heterocycles. The predicted molar refractivity (Wildman–Crippen MR) is 99.4 cm³/mol. The number of amides is 1. The van der Waals surface area contributed by atoms with E-state index >= 15 is 0 Å². The Morgan fingerprint density at radius 3 is 2.69 bits per heavy atom. The lowest BCUT2D eigenvalue weighted by atomic mass is 10.2. The highest BCUT2D eigenvalue weighted by Crippen LogP contribution is 2.35. The SMILES string of the molecule is COc1ccc(-c2nc(C)c(C(=O)Nc3ccc4c(c3)OCO4)s2)cc1. The summed E-state index contributed by atoms with van der Waals surface area (Å²) in [4.78, 5) is 17.8. The molecular formula is C19H16N2O4S. The number of hydrogen-bond acceptors (Lipinski definition) is 6. The predicted octanol–water partition coefficient (Wildman–Crippen LogP) is 4.11. The molecule has 1 aliphatic heterocycles. The van der Waals surface area contributed by atoms with Crippen LogP contribution in [0.5, 0.6) is 17.2 Å². The Labute approximate surface area is 154 Å². The fraction of sp³-hybridized carbons (Fsp3) is 0.158. The van der Waals surface area contributed by atoms with Gasteiger partial charge in [-0.1, -0.05) is 0 Å². The molecule has 6 nitrogen and oxygen atoms in total. The van der Waals surface area contributed by atoms with Crippen molar-refractivity contribution in [1.29, 1.82) is 0 Å². The normalized spacial score (nSPS) is 12.1. The number of fused-ring (bicyclic) bond motifs is 1. The zero-order valence-electron chi connectivity index (χ0n) is 14.2. The number of aromatic nitrogens is 1. The lowest BCUT2D eigenvalue weighted by Crippen LogP contribution is -2.11. The molecule has 0 saturated carbocycles. The van der Waals surface area contributed by atoms with Gasteiger partial charge in [0, 0.05) is 17.3 Å². The highest BCUT2D eigenvalue weighted by Gasteiger charge is 2.18. The standard InChI is InChI=1S/C19H16N2O4S/c1-11-17(26-19(20-11)12-3-6-14(23-2)7-4-12)18(22)21-13-5-8-15-16(9-13)25-10-24-15/h3-9H,10H2,1-2H3,(H,21,22). The summed E-state index contributed by atoms with van der Waals surface area (Å²) in [5.41, 5.74) is 2.29. The maximum atomic E-state index is 12.6. The van der Waals surface area contributed by atoms with Gasteiger partial charge in [0.25, 0.3) is 5.91 Å². The van der Waals surface area contributed by atoms with Gasteiger partial charge in [0.2, 0.25) is 6.79 Å². The molecule has 1 aromatic heterocycles. The van der Waals surface area contributed by atoms with E-state index in [0.29, 0.717) is 27.8 Å². The summed E-state index contributed by atoms with van der Waals surface area (Å²) in [5.74, 6) is 1.89. The lowest BCUT2D eigenvalue weighted by molar-refractivity contribution is 0.103. The number of methoxy groups -OCH3 is 1. The van der Waals surface area contributed by atoms with E-state index in [1.807, 2.05) is 31.2 Å². The molecule has 0 aliphatic carbocycles. The van der Waals surface area contributed by atoms with Crippen molar-refractivity contribution in [2.75, 3.05) is 19.2 Å². The van der Waals surface area contributed by atoms with E-state index in [9.17, 15) is 4.79 Å². The Morgan fingerprint density at radius 2 is 1.92 bits per heavy atom. The molecule has 1 N–H and O–H groups in total. The maximum absolute atomic E-state index is 12.6. The van der Waals surface area contributed by atoms with Crippen LogP contribution < -0.4 is 19.5 Å². The van der Waals surface area contributed by atoms with Gasteiger partial charge in [0.05, 0.1) is 12.8 Å². The molecule has 0 fully saturated rings. The van der Waals surface area contributed by atoms with Crippen molar-refractivity contribution in [2.24, 2.45) is 0 Å². The van der Waals surface area contributed by atoms with E-state index in [1.165, 1.54) is 11.3 Å². The number of aryl methyl sites for hydroxylation is 1. The first-order valence-corrected chi connectivity index (χ1v) is 8.78. The third-order valence-corrected chi connectivity index (χ3v) is 5.18. The summed E-state index contributed by atoms with van der Waals surface area (Å²) < 4.78 is 15.8. The van der Waals surface area contributed by atoms with Crippen LogP contribution in [0.2, 0.25) is 0 Å². The second-order valence-corrected chi connectivity index (χ2v) is 6.68. The molecule has 2 aromatic carbocycles. The summed E-state index contributed by atoms with van der Waals surface area (Å²) in [6, 6.07) is 12.9. The quantitative estimate of drug-likeness (QED) is 0.750. The van der Waals surface area contributed by atoms with Crippen LogP contribution in [-0.4, -0.2) is 24.8 Å². The van der Waals surface area contributed by atoms with Crippen molar-refractivity contribution in [2.45, 2.75) is 6.92 Å². The third-order valence-electron chi connectivity index (χ3n) is 3.97. The molecule has 0 spiro atoms. The van der Waals surface area contributed by atoms with Gasteiger partial charge >= 0.3 is 0 Å². The van der Waals surface area contributed by atoms with Gasteiger partial charge in [0.15, 0.2) is 11.5 Å². The molecule has 0 unspecified atom stereocenters. The number of rotatable bonds is 4. The van der Waals surface area contributed by atoms with E-state index in [1.54, 1.807) is 25.3 Å². The molecule has 0 bridgehead atoms. The van der Waals surface area contributed by atoms with E-state index in [2.05, 4.69) is 10.3 Å². The smallest absolute Gasteiger partial charge is 0.267 e. The molecule has 0 radical (unpaired) electrons. The number of carbonyl (C=O) groups is 1. The molecule has 3 aromatic rings. The zero-order chi connectivity index (χ0) is 18.1. The molecule has 1 aliphatic rings. The number of anilines is 1. The Hall–Kier alpha value is -3.06. The minimum absolute atomic E-state index is 0.196. The molecule has 1 amide bonds. The van der Waals surface area contributed by atoms with Gasteiger partial charge in [0.1, 0.15) is 15.6 Å². The second-order valence-electron chi connectivity index (χ2n) is 5.68. The molecule has 132 valence electrons. The minimum Gasteiger partial charge on any atom is -0.497 e. The van der Waals surface area contributed by atoms with E-state index < -0.39 is 0 Å². The first kappa shape index (κ1) is 16.4. The van der Waals surface area contributed by atoms with Crippen molar-refractivity contribution in [3.05, 3.63) is 53.0 Å². The molecule has 2 heterocycles. The van der Waals surface area contributed by atoms with Crippen LogP contribution in [0, 0.1) is 6.92 Å². The molecular weight excluding hydrogens is 352 g/mol. The van der Waals surface area contributed by atoms with Crippen molar-refractivity contribution in [3.8, 4) is 27.8 Å². The van der Waals surface area contributed by atoms with Gasteiger partial charge in [-0.25, -0.2) is 4.98 Å². The summed E-state index contributed by atoms with van der Waals surface area (Å²) in [7, 11) is 1.63. The molecule has 26 heavy (non-hydrogen) atoms. The minimum atomic E-state index is -0.196. The van der Waals surface area contributed by atoms with Crippen LogP contribution in [0.15, 0.2) is 42.5 Å². The monoisotopic (exact) mass is 368 g/mol. The first-order chi connectivity index (χ1) is 12.6. The second kappa shape index (κ2) is 6.68. The summed E-state index contributed by atoms with van der Waals surface area (Å²) >= 11 is 1.36. The first-order valence-electron chi connectivity index (χ1n) is 7.97. The van der Waals surface area contributed by atoms with Gasteiger partial charge < -0.3 is 19.5 Å².